The third-order valence-corrected chi connectivity index (χ3v) is 2.99. The summed E-state index contributed by atoms with van der Waals surface area (Å²) in [4.78, 5) is 25.8. The first-order valence-corrected chi connectivity index (χ1v) is 5.98. The van der Waals surface area contributed by atoms with E-state index < -0.39 is 17.5 Å². The minimum absolute atomic E-state index is 0.110. The summed E-state index contributed by atoms with van der Waals surface area (Å²) in [7, 11) is 0. The van der Waals surface area contributed by atoms with Crippen molar-refractivity contribution in [3.8, 4) is 0 Å². The van der Waals surface area contributed by atoms with Gasteiger partial charge in [0.1, 0.15) is 0 Å². The molecule has 0 saturated carbocycles. The lowest BCUT2D eigenvalue weighted by Gasteiger charge is -2.06. The van der Waals surface area contributed by atoms with Crippen molar-refractivity contribution in [1.82, 2.24) is 4.98 Å². The van der Waals surface area contributed by atoms with E-state index in [1.807, 2.05) is 0 Å². The lowest BCUT2D eigenvalue weighted by atomic mass is 9.98. The number of alkyl halides is 3. The minimum atomic E-state index is -4.94. The van der Waals surface area contributed by atoms with Crippen LogP contribution in [0.5, 0.6) is 0 Å². The van der Waals surface area contributed by atoms with Gasteiger partial charge in [-0.25, -0.2) is 0 Å². The zero-order chi connectivity index (χ0) is 15.1. The van der Waals surface area contributed by atoms with Crippen LogP contribution in [0.4, 0.5) is 13.2 Å². The lowest BCUT2D eigenvalue weighted by molar-refractivity contribution is -0.0884. The number of halogens is 3. The summed E-state index contributed by atoms with van der Waals surface area (Å²) in [5.41, 5.74) is 0.215. The average Bonchev–Trinajstić information content (AvgIpc) is 2.78. The molecule has 0 unspecified atom stereocenters. The molecule has 0 aliphatic rings. The van der Waals surface area contributed by atoms with Crippen molar-refractivity contribution in [3.63, 3.8) is 0 Å². The largest absolute Gasteiger partial charge is 0.454 e. The number of fused-ring (bicyclic) bond motifs is 1. The third-order valence-electron chi connectivity index (χ3n) is 2.99. The van der Waals surface area contributed by atoms with Crippen LogP contribution < -0.4 is 0 Å². The molecule has 3 nitrogen and oxygen atoms in total. The summed E-state index contributed by atoms with van der Waals surface area (Å²) in [5, 5.41) is 0.110. The highest BCUT2D eigenvalue weighted by Crippen LogP contribution is 2.28. The molecule has 0 fully saturated rings. The quantitative estimate of drug-likeness (QED) is 0.872. The number of nitrogens with one attached hydrogen (secondary N) is 1. The zero-order valence-electron chi connectivity index (χ0n) is 10.8. The molecule has 0 bridgehead atoms. The van der Waals surface area contributed by atoms with E-state index in [2.05, 4.69) is 4.98 Å². The number of rotatable bonds is 3. The number of aromatic nitrogens is 1. The predicted octanol–water partition coefficient (Wildman–Crippen LogP) is 3.75. The maximum atomic E-state index is 12.5. The highest BCUT2D eigenvalue weighted by Gasteiger charge is 2.40. The van der Waals surface area contributed by atoms with Crippen LogP contribution in [0, 0.1) is 5.92 Å². The van der Waals surface area contributed by atoms with Gasteiger partial charge in [0.15, 0.2) is 5.78 Å². The van der Waals surface area contributed by atoms with Gasteiger partial charge in [-0.2, -0.15) is 13.2 Å². The molecule has 1 aromatic heterocycles. The summed E-state index contributed by atoms with van der Waals surface area (Å²) < 4.78 is 37.5. The number of H-pyrrole nitrogens is 1. The third kappa shape index (κ3) is 2.45. The summed E-state index contributed by atoms with van der Waals surface area (Å²) in [6, 6.07) is 4.36. The predicted molar refractivity (Wildman–Crippen MR) is 67.9 cm³/mol. The van der Waals surface area contributed by atoms with Crippen LogP contribution in [-0.2, 0) is 0 Å². The first-order valence-electron chi connectivity index (χ1n) is 5.98. The standard InChI is InChI=1S/C14H12F3NO2/c1-7(2)12(19)8-3-4-11-9(5-8)10(6-18-11)13(20)14(15,16)17/h3-7,18H,1-2H3. The Kier molecular flexibility index (Phi) is 3.41. The molecule has 0 amide bonds. The molecule has 1 heterocycles. The summed E-state index contributed by atoms with van der Waals surface area (Å²) in [6.45, 7) is 3.40. The van der Waals surface area contributed by atoms with E-state index in [1.54, 1.807) is 13.8 Å². The number of benzene rings is 1. The SMILES string of the molecule is CC(C)C(=O)c1ccc2[nH]cc(C(=O)C(F)(F)F)c2c1. The van der Waals surface area contributed by atoms with Gasteiger partial charge in [-0.05, 0) is 18.2 Å². The van der Waals surface area contributed by atoms with E-state index in [9.17, 15) is 22.8 Å². The van der Waals surface area contributed by atoms with Gasteiger partial charge in [-0.3, -0.25) is 9.59 Å². The number of hydrogen-bond donors (Lipinski definition) is 1. The van der Waals surface area contributed by atoms with E-state index in [1.165, 1.54) is 18.2 Å². The molecule has 1 N–H and O–H groups in total. The first kappa shape index (κ1) is 14.3. The topological polar surface area (TPSA) is 49.9 Å². The van der Waals surface area contributed by atoms with Crippen LogP contribution >= 0.6 is 0 Å². The highest BCUT2D eigenvalue weighted by molar-refractivity contribution is 6.12. The van der Waals surface area contributed by atoms with Crippen LogP contribution in [0.1, 0.15) is 34.6 Å². The Labute approximate surface area is 112 Å². The van der Waals surface area contributed by atoms with Gasteiger partial charge < -0.3 is 4.98 Å². The van der Waals surface area contributed by atoms with Gasteiger partial charge in [-0.15, -0.1) is 0 Å². The van der Waals surface area contributed by atoms with Crippen LogP contribution in [0.15, 0.2) is 24.4 Å². The maximum Gasteiger partial charge on any atom is 0.454 e. The van der Waals surface area contributed by atoms with Crippen molar-refractivity contribution in [2.24, 2.45) is 5.92 Å². The molecule has 0 aliphatic carbocycles. The first-order chi connectivity index (χ1) is 9.21. The highest BCUT2D eigenvalue weighted by atomic mass is 19.4. The van der Waals surface area contributed by atoms with E-state index in [0.29, 0.717) is 11.1 Å². The van der Waals surface area contributed by atoms with Crippen molar-refractivity contribution in [1.29, 1.82) is 0 Å². The Bertz CT molecular complexity index is 683. The number of Topliss-reactive ketones (excluding diaryl/α,β-unsaturated/α-hetero) is 2. The maximum absolute atomic E-state index is 12.5. The van der Waals surface area contributed by atoms with Crippen molar-refractivity contribution in [2.45, 2.75) is 20.0 Å². The Morgan fingerprint density at radius 1 is 1.20 bits per heavy atom. The smallest absolute Gasteiger partial charge is 0.360 e. The fraction of sp³-hybridized carbons (Fsp3) is 0.286. The van der Waals surface area contributed by atoms with Crippen LogP contribution in [0.25, 0.3) is 10.9 Å². The molecule has 0 saturated heterocycles. The van der Waals surface area contributed by atoms with Gasteiger partial charge in [-0.1, -0.05) is 13.8 Å². The van der Waals surface area contributed by atoms with Gasteiger partial charge in [0.2, 0.25) is 0 Å². The van der Waals surface area contributed by atoms with E-state index in [0.717, 1.165) is 6.20 Å². The molecule has 6 heteroatoms. The Balaban J connectivity index is 2.57. The number of carbonyl (C=O) groups is 2. The molecule has 2 aromatic rings. The number of carbonyl (C=O) groups excluding carboxylic acids is 2. The van der Waals surface area contributed by atoms with E-state index >= 15 is 0 Å². The second-order valence-corrected chi connectivity index (χ2v) is 4.81. The molecule has 0 atom stereocenters. The van der Waals surface area contributed by atoms with Gasteiger partial charge in [0.25, 0.3) is 5.78 Å². The molecule has 0 aliphatic heterocycles. The van der Waals surface area contributed by atoms with E-state index in [-0.39, 0.29) is 17.1 Å². The van der Waals surface area contributed by atoms with Gasteiger partial charge in [0, 0.05) is 28.6 Å². The molecule has 2 rings (SSSR count). The second kappa shape index (κ2) is 4.77. The molecule has 20 heavy (non-hydrogen) atoms. The average molecular weight is 283 g/mol. The van der Waals surface area contributed by atoms with Gasteiger partial charge >= 0.3 is 6.18 Å². The number of hydrogen-bond acceptors (Lipinski definition) is 2. The van der Waals surface area contributed by atoms with Crippen molar-refractivity contribution >= 4 is 22.5 Å². The number of aromatic amines is 1. The fourth-order valence-electron chi connectivity index (χ4n) is 1.95. The van der Waals surface area contributed by atoms with Crippen molar-refractivity contribution in [2.75, 3.05) is 0 Å². The van der Waals surface area contributed by atoms with Crippen molar-refractivity contribution in [3.05, 3.63) is 35.5 Å². The Morgan fingerprint density at radius 2 is 1.85 bits per heavy atom. The van der Waals surface area contributed by atoms with Gasteiger partial charge in [0.05, 0.1) is 5.56 Å². The molecule has 1 aromatic carbocycles. The van der Waals surface area contributed by atoms with Crippen LogP contribution in [0.3, 0.4) is 0 Å². The van der Waals surface area contributed by atoms with Crippen LogP contribution in [-0.4, -0.2) is 22.7 Å². The summed E-state index contributed by atoms with van der Waals surface area (Å²) in [6.07, 6.45) is -3.92. The Morgan fingerprint density at radius 3 is 2.40 bits per heavy atom. The zero-order valence-corrected chi connectivity index (χ0v) is 10.8. The summed E-state index contributed by atoms with van der Waals surface area (Å²) in [5.74, 6) is -2.37. The molecular formula is C14H12F3NO2. The number of ketones is 2. The fourth-order valence-corrected chi connectivity index (χ4v) is 1.95. The normalized spacial score (nSPS) is 12.1. The van der Waals surface area contributed by atoms with E-state index in [4.69, 9.17) is 0 Å². The lowest BCUT2D eigenvalue weighted by Crippen LogP contribution is -2.22. The molecule has 106 valence electrons. The second-order valence-electron chi connectivity index (χ2n) is 4.81. The van der Waals surface area contributed by atoms with Crippen molar-refractivity contribution < 1.29 is 22.8 Å². The monoisotopic (exact) mass is 283 g/mol. The Hall–Kier alpha value is -2.11. The molecular weight excluding hydrogens is 271 g/mol. The summed E-state index contributed by atoms with van der Waals surface area (Å²) >= 11 is 0. The molecule has 0 radical (unpaired) electrons. The van der Waals surface area contributed by atoms with Crippen LogP contribution in [0.2, 0.25) is 0 Å². The molecule has 0 spiro atoms. The minimum Gasteiger partial charge on any atom is -0.360 e.